The Morgan fingerprint density at radius 1 is 1.15 bits per heavy atom. The van der Waals surface area contributed by atoms with Gasteiger partial charge in [-0.15, -0.1) is 0 Å². The van der Waals surface area contributed by atoms with Crippen molar-refractivity contribution < 1.29 is 19.8 Å². The molecule has 1 fully saturated rings. The molecule has 13 heavy (non-hydrogen) atoms. The molecule has 1 aliphatic carbocycles. The van der Waals surface area contributed by atoms with Crippen LogP contribution in [0.4, 0.5) is 0 Å². The van der Waals surface area contributed by atoms with Crippen LogP contribution in [0.5, 0.6) is 0 Å². The molecule has 0 saturated heterocycles. The van der Waals surface area contributed by atoms with Gasteiger partial charge in [0.1, 0.15) is 0 Å². The topological polar surface area (TPSA) is 74.6 Å². The fraction of sp³-hybridized carbons (Fsp3) is 0.778. The van der Waals surface area contributed by atoms with E-state index in [1.54, 1.807) is 0 Å². The maximum absolute atomic E-state index is 10.4. The minimum Gasteiger partial charge on any atom is -0.481 e. The van der Waals surface area contributed by atoms with E-state index in [9.17, 15) is 9.59 Å². The van der Waals surface area contributed by atoms with Crippen LogP contribution in [-0.2, 0) is 9.59 Å². The first-order valence-electron chi connectivity index (χ1n) is 4.51. The third-order valence-corrected chi connectivity index (χ3v) is 2.29. The number of hydrogen-bond acceptors (Lipinski definition) is 2. The largest absolute Gasteiger partial charge is 0.481 e. The second-order valence-corrected chi connectivity index (χ2v) is 3.74. The Morgan fingerprint density at radius 3 is 1.92 bits per heavy atom. The van der Waals surface area contributed by atoms with Crippen molar-refractivity contribution in [2.45, 2.75) is 32.1 Å². The highest BCUT2D eigenvalue weighted by atomic mass is 16.4. The van der Waals surface area contributed by atoms with Gasteiger partial charge in [-0.05, 0) is 18.3 Å². The van der Waals surface area contributed by atoms with Crippen LogP contribution < -0.4 is 0 Å². The van der Waals surface area contributed by atoms with Gasteiger partial charge in [0.05, 0.1) is 0 Å². The van der Waals surface area contributed by atoms with Crippen LogP contribution in [0.2, 0.25) is 0 Å². The Labute approximate surface area is 76.6 Å². The highest BCUT2D eigenvalue weighted by Crippen LogP contribution is 2.37. The Bertz CT molecular complexity index is 192. The lowest BCUT2D eigenvalue weighted by atomic mass is 9.95. The maximum atomic E-state index is 10.4. The van der Waals surface area contributed by atoms with Crippen molar-refractivity contribution in [3.8, 4) is 0 Å². The Morgan fingerprint density at radius 2 is 1.62 bits per heavy atom. The molecule has 2 N–H and O–H groups in total. The molecule has 74 valence electrons. The van der Waals surface area contributed by atoms with E-state index in [-0.39, 0.29) is 18.8 Å². The molecule has 0 spiro atoms. The zero-order valence-corrected chi connectivity index (χ0v) is 7.40. The van der Waals surface area contributed by atoms with Crippen LogP contribution >= 0.6 is 0 Å². The molecule has 0 atom stereocenters. The molecule has 1 saturated carbocycles. The minimum atomic E-state index is -0.896. The molecule has 0 aromatic heterocycles. The lowest BCUT2D eigenvalue weighted by Gasteiger charge is -2.10. The van der Waals surface area contributed by atoms with Crippen LogP contribution in [0.25, 0.3) is 0 Å². The van der Waals surface area contributed by atoms with Crippen molar-refractivity contribution in [3.63, 3.8) is 0 Å². The average molecular weight is 186 g/mol. The molecular weight excluding hydrogens is 172 g/mol. The van der Waals surface area contributed by atoms with E-state index >= 15 is 0 Å². The number of carbonyl (C=O) groups is 2. The molecular formula is C9H14O4. The molecule has 0 aliphatic heterocycles. The van der Waals surface area contributed by atoms with Crippen molar-refractivity contribution in [2.75, 3.05) is 0 Å². The zero-order valence-electron chi connectivity index (χ0n) is 7.40. The van der Waals surface area contributed by atoms with Gasteiger partial charge in [-0.25, -0.2) is 0 Å². The number of hydrogen-bond donors (Lipinski definition) is 2. The van der Waals surface area contributed by atoms with Crippen molar-refractivity contribution in [2.24, 2.45) is 11.8 Å². The monoisotopic (exact) mass is 186 g/mol. The minimum absolute atomic E-state index is 0.0111. The van der Waals surface area contributed by atoms with Crippen molar-refractivity contribution >= 4 is 11.9 Å². The van der Waals surface area contributed by atoms with Crippen LogP contribution in [-0.4, -0.2) is 22.2 Å². The Balaban J connectivity index is 2.32. The summed E-state index contributed by atoms with van der Waals surface area (Å²) in [6.07, 6.45) is 3.01. The van der Waals surface area contributed by atoms with E-state index in [2.05, 4.69) is 0 Å². The molecule has 0 radical (unpaired) electrons. The highest BCUT2D eigenvalue weighted by molar-refractivity contribution is 5.70. The number of rotatable bonds is 6. The average Bonchev–Trinajstić information content (AvgIpc) is 2.67. The SMILES string of the molecule is O=C(O)CC(CC(=O)O)CC1CC1. The number of aliphatic carboxylic acids is 2. The van der Waals surface area contributed by atoms with Gasteiger partial charge in [-0.3, -0.25) is 9.59 Å². The summed E-state index contributed by atoms with van der Waals surface area (Å²) >= 11 is 0. The molecule has 0 unspecified atom stereocenters. The Hall–Kier alpha value is -1.06. The van der Waals surface area contributed by atoms with Gasteiger partial charge in [-0.2, -0.15) is 0 Å². The number of carboxylic acid groups (broad SMARTS) is 2. The summed E-state index contributed by atoms with van der Waals surface area (Å²) in [7, 11) is 0. The quantitative estimate of drug-likeness (QED) is 0.656. The fourth-order valence-electron chi connectivity index (χ4n) is 1.56. The molecule has 0 heterocycles. The third kappa shape index (κ3) is 4.50. The van der Waals surface area contributed by atoms with E-state index in [1.165, 1.54) is 0 Å². The fourth-order valence-corrected chi connectivity index (χ4v) is 1.56. The van der Waals surface area contributed by atoms with Gasteiger partial charge >= 0.3 is 11.9 Å². The van der Waals surface area contributed by atoms with Crippen LogP contribution in [0.15, 0.2) is 0 Å². The second-order valence-electron chi connectivity index (χ2n) is 3.74. The maximum Gasteiger partial charge on any atom is 0.303 e. The summed E-state index contributed by atoms with van der Waals surface area (Å²) in [5.41, 5.74) is 0. The molecule has 1 aliphatic rings. The van der Waals surface area contributed by atoms with E-state index < -0.39 is 11.9 Å². The van der Waals surface area contributed by atoms with Crippen molar-refractivity contribution in [3.05, 3.63) is 0 Å². The van der Waals surface area contributed by atoms with Crippen LogP contribution in [0.1, 0.15) is 32.1 Å². The van der Waals surface area contributed by atoms with Crippen LogP contribution in [0.3, 0.4) is 0 Å². The molecule has 0 aromatic rings. The van der Waals surface area contributed by atoms with Crippen molar-refractivity contribution in [1.82, 2.24) is 0 Å². The van der Waals surface area contributed by atoms with Gasteiger partial charge in [0.2, 0.25) is 0 Å². The Kier molecular flexibility index (Phi) is 3.28. The summed E-state index contributed by atoms with van der Waals surface area (Å²) in [6.45, 7) is 0. The summed E-state index contributed by atoms with van der Waals surface area (Å²) in [4.78, 5) is 20.8. The molecule has 4 heteroatoms. The number of carboxylic acids is 2. The van der Waals surface area contributed by atoms with Gasteiger partial charge in [0.15, 0.2) is 0 Å². The smallest absolute Gasteiger partial charge is 0.303 e. The summed E-state index contributed by atoms with van der Waals surface area (Å²) in [5, 5.41) is 17.1. The van der Waals surface area contributed by atoms with Gasteiger partial charge in [0.25, 0.3) is 0 Å². The standard InChI is InChI=1S/C9H14O4/c10-8(11)4-7(5-9(12)13)3-6-1-2-6/h6-7H,1-5H2,(H,10,11)(H,12,13). The normalized spacial score (nSPS) is 16.1. The second kappa shape index (κ2) is 4.25. The van der Waals surface area contributed by atoms with Gasteiger partial charge in [0, 0.05) is 12.8 Å². The lowest BCUT2D eigenvalue weighted by Crippen LogP contribution is -2.13. The first-order valence-corrected chi connectivity index (χ1v) is 4.51. The third-order valence-electron chi connectivity index (χ3n) is 2.29. The first kappa shape index (κ1) is 10.0. The van der Waals surface area contributed by atoms with E-state index in [0.717, 1.165) is 19.3 Å². The summed E-state index contributed by atoms with van der Waals surface area (Å²) in [5.74, 6) is -1.38. The molecule has 0 bridgehead atoms. The lowest BCUT2D eigenvalue weighted by molar-refractivity contribution is -0.140. The van der Waals surface area contributed by atoms with E-state index in [4.69, 9.17) is 10.2 Å². The summed E-state index contributed by atoms with van der Waals surface area (Å²) in [6, 6.07) is 0. The molecule has 4 nitrogen and oxygen atoms in total. The van der Waals surface area contributed by atoms with Gasteiger partial charge in [-0.1, -0.05) is 12.8 Å². The predicted octanol–water partition coefficient (Wildman–Crippen LogP) is 1.35. The summed E-state index contributed by atoms with van der Waals surface area (Å²) < 4.78 is 0. The first-order chi connectivity index (χ1) is 6.08. The molecule has 0 aromatic carbocycles. The van der Waals surface area contributed by atoms with Crippen LogP contribution in [0, 0.1) is 11.8 Å². The highest BCUT2D eigenvalue weighted by Gasteiger charge is 2.27. The van der Waals surface area contributed by atoms with Crippen molar-refractivity contribution in [1.29, 1.82) is 0 Å². The van der Waals surface area contributed by atoms with E-state index in [1.807, 2.05) is 0 Å². The molecule has 0 amide bonds. The van der Waals surface area contributed by atoms with Gasteiger partial charge < -0.3 is 10.2 Å². The molecule has 1 rings (SSSR count). The predicted molar refractivity (Wildman–Crippen MR) is 45.3 cm³/mol. The zero-order chi connectivity index (χ0) is 9.84. The van der Waals surface area contributed by atoms with E-state index in [0.29, 0.717) is 5.92 Å².